The van der Waals surface area contributed by atoms with Crippen LogP contribution < -0.4 is 5.32 Å². The van der Waals surface area contributed by atoms with Gasteiger partial charge < -0.3 is 10.1 Å². The monoisotopic (exact) mass is 519 g/mol. The highest BCUT2D eigenvalue weighted by Crippen LogP contribution is 2.28. The first-order valence-electron chi connectivity index (χ1n) is 10.5. The molecule has 1 atom stereocenters. The molecule has 13 heteroatoms. The Morgan fingerprint density at radius 2 is 1.77 bits per heavy atom. The maximum absolute atomic E-state index is 12.8. The third kappa shape index (κ3) is 7.74. The van der Waals surface area contributed by atoms with Gasteiger partial charge in [-0.2, -0.15) is 13.2 Å². The molecule has 0 saturated carbocycles. The standard InChI is InChI=1S/C21H23ClF3N5O3.CH3F/c1-20(2,3)33-19(32)30-6-4-5-16(30)17(31)27-8-12-7-15(26-11-14(12)22)13-9-28-18(29-10-13)21(23,24)25;1-2/h7,9-11,16H,4-6,8H2,1-3H3,(H,27,31);1H3. The van der Waals surface area contributed by atoms with Crippen molar-refractivity contribution in [2.45, 2.75) is 58.0 Å². The summed E-state index contributed by atoms with van der Waals surface area (Å²) in [6.07, 6.45) is -0.647. The number of carbonyl (C=O) groups excluding carboxylic acids is 2. The summed E-state index contributed by atoms with van der Waals surface area (Å²) in [5, 5.41) is 3.02. The van der Waals surface area contributed by atoms with Gasteiger partial charge in [-0.05, 0) is 45.2 Å². The number of amides is 2. The van der Waals surface area contributed by atoms with Crippen molar-refractivity contribution in [3.8, 4) is 11.3 Å². The zero-order valence-corrected chi connectivity index (χ0v) is 20.4. The number of nitrogens with zero attached hydrogens (tertiary/aromatic N) is 4. The van der Waals surface area contributed by atoms with Gasteiger partial charge in [0.25, 0.3) is 0 Å². The van der Waals surface area contributed by atoms with Gasteiger partial charge in [0.2, 0.25) is 11.7 Å². The zero-order chi connectivity index (χ0) is 26.4. The van der Waals surface area contributed by atoms with Crippen LogP contribution in [0, 0.1) is 0 Å². The Morgan fingerprint density at radius 3 is 2.34 bits per heavy atom. The summed E-state index contributed by atoms with van der Waals surface area (Å²) in [4.78, 5) is 37.3. The van der Waals surface area contributed by atoms with Crippen LogP contribution in [0.4, 0.5) is 22.4 Å². The van der Waals surface area contributed by atoms with Crippen LogP contribution >= 0.6 is 11.6 Å². The average Bonchev–Trinajstić information content (AvgIpc) is 3.28. The second-order valence-corrected chi connectivity index (χ2v) is 8.91. The molecule has 1 aliphatic heterocycles. The van der Waals surface area contributed by atoms with E-state index in [1.165, 1.54) is 17.2 Å². The van der Waals surface area contributed by atoms with E-state index in [2.05, 4.69) is 20.3 Å². The molecule has 2 aromatic rings. The van der Waals surface area contributed by atoms with E-state index in [4.69, 9.17) is 16.3 Å². The molecule has 0 radical (unpaired) electrons. The molecule has 0 bridgehead atoms. The summed E-state index contributed by atoms with van der Waals surface area (Å²) in [5.74, 6) is -1.61. The van der Waals surface area contributed by atoms with E-state index in [1.807, 2.05) is 0 Å². The summed E-state index contributed by atoms with van der Waals surface area (Å²) in [6, 6.07) is 0.873. The highest BCUT2D eigenvalue weighted by atomic mass is 35.5. The number of carbonyl (C=O) groups is 2. The minimum absolute atomic E-state index is 0.0351. The fraction of sp³-hybridized carbons (Fsp3) is 0.500. The van der Waals surface area contributed by atoms with E-state index in [0.29, 0.717) is 37.8 Å². The molecular formula is C22H26ClF4N5O3. The first-order valence-corrected chi connectivity index (χ1v) is 10.9. The van der Waals surface area contributed by atoms with E-state index in [-0.39, 0.29) is 23.0 Å². The summed E-state index contributed by atoms with van der Waals surface area (Å²) in [5.41, 5.74) is 0.383. The largest absolute Gasteiger partial charge is 0.451 e. The molecule has 192 valence electrons. The fourth-order valence-corrected chi connectivity index (χ4v) is 3.43. The second kappa shape index (κ2) is 11.6. The van der Waals surface area contributed by atoms with Gasteiger partial charge in [-0.3, -0.25) is 19.1 Å². The number of hydrogen-bond acceptors (Lipinski definition) is 6. The first-order chi connectivity index (χ1) is 16.3. The number of nitrogens with one attached hydrogen (secondary N) is 1. The van der Waals surface area contributed by atoms with Gasteiger partial charge in [0, 0.05) is 37.2 Å². The lowest BCUT2D eigenvalue weighted by atomic mass is 10.1. The normalized spacial score (nSPS) is 15.8. The number of rotatable bonds is 4. The molecule has 1 saturated heterocycles. The Balaban J connectivity index is 0.00000210. The van der Waals surface area contributed by atoms with Crippen LogP contribution in [0.1, 0.15) is 45.0 Å². The van der Waals surface area contributed by atoms with E-state index < -0.39 is 29.7 Å². The highest BCUT2D eigenvalue weighted by molar-refractivity contribution is 6.31. The molecule has 0 aliphatic carbocycles. The van der Waals surface area contributed by atoms with Crippen LogP contribution in [0.5, 0.6) is 0 Å². The number of likely N-dealkylation sites (tertiary alicyclic amines) is 1. The number of ether oxygens (including phenoxy) is 1. The third-order valence-electron chi connectivity index (χ3n) is 4.77. The molecule has 8 nitrogen and oxygen atoms in total. The molecule has 3 rings (SSSR count). The molecule has 2 aromatic heterocycles. The van der Waals surface area contributed by atoms with Crippen LogP contribution in [0.25, 0.3) is 11.3 Å². The smallest absolute Gasteiger partial charge is 0.444 e. The predicted molar refractivity (Wildman–Crippen MR) is 120 cm³/mol. The molecule has 1 N–H and O–H groups in total. The number of pyridine rings is 1. The van der Waals surface area contributed by atoms with Gasteiger partial charge in [-0.1, -0.05) is 11.6 Å². The lowest BCUT2D eigenvalue weighted by molar-refractivity contribution is -0.145. The zero-order valence-electron chi connectivity index (χ0n) is 19.6. The molecule has 1 aliphatic rings. The molecular weight excluding hydrogens is 494 g/mol. The second-order valence-electron chi connectivity index (χ2n) is 8.50. The SMILES string of the molecule is CC(C)(C)OC(=O)N1CCCC1C(=O)NCc1cc(-c2cnc(C(F)(F)F)nc2)ncc1Cl.CF. The lowest BCUT2D eigenvalue weighted by Gasteiger charge is -2.28. The number of alkyl halides is 4. The van der Waals surface area contributed by atoms with Crippen molar-refractivity contribution in [2.75, 3.05) is 13.7 Å². The lowest BCUT2D eigenvalue weighted by Crippen LogP contribution is -2.47. The Hall–Kier alpha value is -3.02. The van der Waals surface area contributed by atoms with Crippen LogP contribution in [-0.4, -0.2) is 57.2 Å². The van der Waals surface area contributed by atoms with E-state index in [9.17, 15) is 27.2 Å². The summed E-state index contributed by atoms with van der Waals surface area (Å²) in [7, 11) is 0.500. The van der Waals surface area contributed by atoms with Crippen molar-refractivity contribution in [1.82, 2.24) is 25.2 Å². The third-order valence-corrected chi connectivity index (χ3v) is 5.11. The Labute approximate surface area is 205 Å². The topological polar surface area (TPSA) is 97.3 Å². The minimum atomic E-state index is -4.64. The highest BCUT2D eigenvalue weighted by Gasteiger charge is 2.36. The van der Waals surface area contributed by atoms with Gasteiger partial charge in [0.15, 0.2) is 0 Å². The fourth-order valence-electron chi connectivity index (χ4n) is 3.26. The molecule has 2 amide bonds. The minimum Gasteiger partial charge on any atom is -0.444 e. The van der Waals surface area contributed by atoms with Crippen LogP contribution in [0.15, 0.2) is 24.7 Å². The average molecular weight is 520 g/mol. The maximum atomic E-state index is 12.8. The Bertz CT molecular complexity index is 1030. The van der Waals surface area contributed by atoms with Crippen molar-refractivity contribution in [1.29, 1.82) is 0 Å². The molecule has 3 heterocycles. The number of halogens is 5. The van der Waals surface area contributed by atoms with Crippen molar-refractivity contribution >= 4 is 23.6 Å². The quantitative estimate of drug-likeness (QED) is 0.582. The van der Waals surface area contributed by atoms with E-state index in [0.717, 1.165) is 12.4 Å². The van der Waals surface area contributed by atoms with E-state index >= 15 is 0 Å². The summed E-state index contributed by atoms with van der Waals surface area (Å²) >= 11 is 6.19. The summed E-state index contributed by atoms with van der Waals surface area (Å²) in [6.45, 7) is 5.71. The predicted octanol–water partition coefficient (Wildman–Crippen LogP) is 4.81. The van der Waals surface area contributed by atoms with Gasteiger partial charge in [-0.25, -0.2) is 14.8 Å². The van der Waals surface area contributed by atoms with Crippen LogP contribution in [0.2, 0.25) is 5.02 Å². The summed E-state index contributed by atoms with van der Waals surface area (Å²) < 4.78 is 52.9. The van der Waals surface area contributed by atoms with Crippen molar-refractivity contribution in [2.24, 2.45) is 0 Å². The van der Waals surface area contributed by atoms with Crippen LogP contribution in [-0.2, 0) is 22.3 Å². The first kappa shape index (κ1) is 28.2. The van der Waals surface area contributed by atoms with E-state index in [1.54, 1.807) is 20.8 Å². The molecule has 0 aromatic carbocycles. The van der Waals surface area contributed by atoms with Gasteiger partial charge in [0.1, 0.15) is 11.6 Å². The van der Waals surface area contributed by atoms with Crippen molar-refractivity contribution < 1.29 is 31.9 Å². The van der Waals surface area contributed by atoms with Crippen molar-refractivity contribution in [3.05, 3.63) is 41.1 Å². The Kier molecular flexibility index (Phi) is 9.36. The van der Waals surface area contributed by atoms with Gasteiger partial charge in [0.05, 0.1) is 17.9 Å². The van der Waals surface area contributed by atoms with Crippen LogP contribution in [0.3, 0.4) is 0 Å². The van der Waals surface area contributed by atoms with Gasteiger partial charge in [-0.15, -0.1) is 0 Å². The Morgan fingerprint density at radius 1 is 1.14 bits per heavy atom. The van der Waals surface area contributed by atoms with Gasteiger partial charge >= 0.3 is 12.3 Å². The molecule has 35 heavy (non-hydrogen) atoms. The van der Waals surface area contributed by atoms with Crippen molar-refractivity contribution in [3.63, 3.8) is 0 Å². The number of hydrogen-bond donors (Lipinski definition) is 1. The molecule has 1 fully saturated rings. The molecule has 1 unspecified atom stereocenters. The maximum Gasteiger partial charge on any atom is 0.451 e. The molecule has 0 spiro atoms. The number of aromatic nitrogens is 3.